The summed E-state index contributed by atoms with van der Waals surface area (Å²) in [5.74, 6) is -2.46. The summed E-state index contributed by atoms with van der Waals surface area (Å²) in [7, 11) is -4.48. The van der Waals surface area contributed by atoms with Crippen molar-refractivity contribution in [1.82, 2.24) is 0 Å². The van der Waals surface area contributed by atoms with E-state index in [1.807, 2.05) is 31.2 Å². The van der Waals surface area contributed by atoms with Crippen molar-refractivity contribution in [2.24, 2.45) is 5.14 Å². The molecule has 2 N–H and O–H groups in total. The van der Waals surface area contributed by atoms with Gasteiger partial charge in [0.2, 0.25) is 10.0 Å². The monoisotopic (exact) mass is 391 g/mol. The average Bonchev–Trinajstić information content (AvgIpc) is 2.53. The lowest BCUT2D eigenvalue weighted by Crippen LogP contribution is -2.16. The molecule has 3 nitrogen and oxygen atoms in total. The Morgan fingerprint density at radius 3 is 1.88 bits per heavy atom. The summed E-state index contributed by atoms with van der Waals surface area (Å²) in [6, 6.07) is 14.9. The third-order valence-corrected chi connectivity index (χ3v) is 5.31. The molecule has 0 radical (unpaired) electrons. The van der Waals surface area contributed by atoms with Crippen LogP contribution in [0.1, 0.15) is 5.56 Å². The molecule has 3 aromatic carbocycles. The highest BCUT2D eigenvalue weighted by Crippen LogP contribution is 2.33. The largest absolute Gasteiger partial charge is 0.243 e. The van der Waals surface area contributed by atoms with E-state index in [2.05, 4.69) is 12.6 Å². The Morgan fingerprint density at radius 2 is 1.38 bits per heavy atom. The third kappa shape index (κ3) is 3.65. The van der Waals surface area contributed by atoms with Crippen LogP contribution in [0.5, 0.6) is 0 Å². The first kappa shape index (κ1) is 18.6. The zero-order chi connectivity index (χ0) is 19.1. The molecule has 0 aromatic heterocycles. The highest BCUT2D eigenvalue weighted by molar-refractivity contribution is 7.89. The molecule has 0 unspecified atom stereocenters. The van der Waals surface area contributed by atoms with Gasteiger partial charge in [-0.3, -0.25) is 0 Å². The maximum absolute atomic E-state index is 14.1. The van der Waals surface area contributed by atoms with Gasteiger partial charge in [0.25, 0.3) is 0 Å². The van der Waals surface area contributed by atoms with Gasteiger partial charge >= 0.3 is 0 Å². The fourth-order valence-electron chi connectivity index (χ4n) is 2.69. The number of aryl methyl sites for hydroxylation is 1. The van der Waals surface area contributed by atoms with E-state index in [1.165, 1.54) is 0 Å². The predicted octanol–water partition coefficient (Wildman–Crippen LogP) is 4.54. The Balaban J connectivity index is 2.06. The lowest BCUT2D eigenvalue weighted by Gasteiger charge is -2.10. The van der Waals surface area contributed by atoms with Gasteiger partial charge in [0.15, 0.2) is 4.90 Å². The van der Waals surface area contributed by atoms with Crippen LogP contribution in [0.2, 0.25) is 0 Å². The molecular formula is C19H15F2NO2S2. The third-order valence-electron chi connectivity index (χ3n) is 3.98. The Labute approximate surface area is 155 Å². The molecule has 0 atom stereocenters. The second-order valence-electron chi connectivity index (χ2n) is 5.91. The number of rotatable bonds is 3. The molecule has 0 fully saturated rings. The molecule has 0 aliphatic carbocycles. The van der Waals surface area contributed by atoms with Crippen LogP contribution in [0, 0.1) is 18.6 Å². The van der Waals surface area contributed by atoms with Gasteiger partial charge < -0.3 is 0 Å². The number of hydrogen-bond acceptors (Lipinski definition) is 3. The number of primary sulfonamides is 1. The molecule has 0 saturated heterocycles. The first-order valence-corrected chi connectivity index (χ1v) is 9.58. The lowest BCUT2D eigenvalue weighted by atomic mass is 9.99. The number of thiol groups is 1. The average molecular weight is 391 g/mol. The molecule has 0 saturated carbocycles. The Bertz CT molecular complexity index is 1070. The maximum Gasteiger partial charge on any atom is 0.243 e. The maximum atomic E-state index is 14.1. The highest BCUT2D eigenvalue weighted by Gasteiger charge is 2.21. The number of sulfonamides is 1. The van der Waals surface area contributed by atoms with Crippen molar-refractivity contribution in [1.29, 1.82) is 0 Å². The predicted molar refractivity (Wildman–Crippen MR) is 101 cm³/mol. The molecule has 0 bridgehead atoms. The summed E-state index contributed by atoms with van der Waals surface area (Å²) in [4.78, 5) is -0.508. The molecular weight excluding hydrogens is 376 g/mol. The van der Waals surface area contributed by atoms with Gasteiger partial charge in [-0.15, -0.1) is 12.6 Å². The second kappa shape index (κ2) is 6.83. The SMILES string of the molecule is Cc1ccc(-c2ccc(-c3cc(F)c(S(N)(=O)=O)c(F)c3)cc2S)cc1. The van der Waals surface area contributed by atoms with E-state index in [1.54, 1.807) is 18.2 Å². The van der Waals surface area contributed by atoms with Crippen LogP contribution < -0.4 is 5.14 Å². The van der Waals surface area contributed by atoms with E-state index in [0.717, 1.165) is 28.8 Å². The number of hydrogen-bond donors (Lipinski definition) is 2. The summed E-state index contributed by atoms with van der Waals surface area (Å²) in [6.45, 7) is 1.99. The standard InChI is InChI=1S/C19H15F2NO2S2/c1-11-2-4-12(5-3-11)15-7-6-13(10-18(15)25)14-8-16(20)19(17(21)9-14)26(22,23)24/h2-10,25H,1H3,(H2,22,23,24). The number of benzene rings is 3. The van der Waals surface area contributed by atoms with E-state index in [0.29, 0.717) is 10.5 Å². The molecule has 3 aromatic rings. The minimum absolute atomic E-state index is 0.193. The number of nitrogens with two attached hydrogens (primary N) is 1. The molecule has 134 valence electrons. The first-order valence-electron chi connectivity index (χ1n) is 7.59. The Hall–Kier alpha value is -2.22. The van der Waals surface area contributed by atoms with E-state index in [-0.39, 0.29) is 5.56 Å². The van der Waals surface area contributed by atoms with Crippen LogP contribution in [0.15, 0.2) is 64.4 Å². The van der Waals surface area contributed by atoms with E-state index in [9.17, 15) is 17.2 Å². The lowest BCUT2D eigenvalue weighted by molar-refractivity contribution is 0.520. The summed E-state index contributed by atoms with van der Waals surface area (Å²) in [5, 5.41) is 4.85. The molecule has 0 aliphatic rings. The van der Waals surface area contributed by atoms with Crippen molar-refractivity contribution in [3.8, 4) is 22.3 Å². The first-order chi connectivity index (χ1) is 12.2. The smallest absolute Gasteiger partial charge is 0.224 e. The molecule has 0 heterocycles. The van der Waals surface area contributed by atoms with Crippen LogP contribution in [0.3, 0.4) is 0 Å². The quantitative estimate of drug-likeness (QED) is 0.644. The second-order valence-corrected chi connectivity index (χ2v) is 7.89. The molecule has 3 rings (SSSR count). The van der Waals surface area contributed by atoms with Crippen molar-refractivity contribution < 1.29 is 17.2 Å². The summed E-state index contributed by atoms with van der Waals surface area (Å²) in [6.07, 6.45) is 0. The zero-order valence-electron chi connectivity index (χ0n) is 13.7. The van der Waals surface area contributed by atoms with Gasteiger partial charge in [0, 0.05) is 4.90 Å². The van der Waals surface area contributed by atoms with Crippen molar-refractivity contribution in [3.05, 3.63) is 71.8 Å². The fraction of sp³-hybridized carbons (Fsp3) is 0.0526. The topological polar surface area (TPSA) is 60.2 Å². The van der Waals surface area contributed by atoms with Gasteiger partial charge in [-0.25, -0.2) is 22.3 Å². The van der Waals surface area contributed by atoms with Crippen LogP contribution in [-0.2, 0) is 10.0 Å². The highest BCUT2D eigenvalue weighted by atomic mass is 32.2. The molecule has 0 aliphatic heterocycles. The molecule has 26 heavy (non-hydrogen) atoms. The van der Waals surface area contributed by atoms with Gasteiger partial charge in [-0.2, -0.15) is 0 Å². The molecule has 0 amide bonds. The van der Waals surface area contributed by atoms with Gasteiger partial charge in [-0.1, -0.05) is 42.0 Å². The van der Waals surface area contributed by atoms with Crippen molar-refractivity contribution >= 4 is 22.7 Å². The zero-order valence-corrected chi connectivity index (χ0v) is 15.4. The van der Waals surface area contributed by atoms with E-state index in [4.69, 9.17) is 5.14 Å². The van der Waals surface area contributed by atoms with Crippen LogP contribution in [0.25, 0.3) is 22.3 Å². The van der Waals surface area contributed by atoms with Crippen molar-refractivity contribution in [3.63, 3.8) is 0 Å². The van der Waals surface area contributed by atoms with Crippen molar-refractivity contribution in [2.45, 2.75) is 16.7 Å². The van der Waals surface area contributed by atoms with Gasteiger partial charge in [0.05, 0.1) is 0 Å². The van der Waals surface area contributed by atoms with Crippen molar-refractivity contribution in [2.75, 3.05) is 0 Å². The number of halogens is 2. The fourth-order valence-corrected chi connectivity index (χ4v) is 3.69. The summed E-state index contributed by atoms with van der Waals surface area (Å²) in [5.41, 5.74) is 3.67. The van der Waals surface area contributed by atoms with Gasteiger partial charge in [0.1, 0.15) is 11.6 Å². The Kier molecular flexibility index (Phi) is 4.88. The normalized spacial score (nSPS) is 11.6. The minimum atomic E-state index is -4.48. The van der Waals surface area contributed by atoms with E-state index < -0.39 is 26.6 Å². The minimum Gasteiger partial charge on any atom is -0.224 e. The molecule has 0 spiro atoms. The van der Waals surface area contributed by atoms with Crippen LogP contribution in [0.4, 0.5) is 8.78 Å². The van der Waals surface area contributed by atoms with E-state index >= 15 is 0 Å². The van der Waals surface area contributed by atoms with Gasteiger partial charge in [-0.05, 0) is 47.4 Å². The summed E-state index contributed by atoms with van der Waals surface area (Å²) < 4.78 is 50.7. The Morgan fingerprint density at radius 1 is 0.846 bits per heavy atom. The molecule has 7 heteroatoms. The van der Waals surface area contributed by atoms with Crippen LogP contribution >= 0.6 is 12.6 Å². The summed E-state index contributed by atoms with van der Waals surface area (Å²) >= 11 is 4.47. The van der Waals surface area contributed by atoms with Crippen LogP contribution in [-0.4, -0.2) is 8.42 Å².